The molecule has 1 rings (SSSR count). The average Bonchev–Trinajstić information content (AvgIpc) is 2.41. The Hall–Kier alpha value is -1.69. The Bertz CT molecular complexity index is 458. The fourth-order valence-electron chi connectivity index (χ4n) is 1.79. The molecule has 0 aliphatic carbocycles. The zero-order chi connectivity index (χ0) is 15.9. The molecule has 4 nitrogen and oxygen atoms in total. The van der Waals surface area contributed by atoms with Crippen LogP contribution in [0.5, 0.6) is 5.75 Å². The number of hydrogen-bond donors (Lipinski definition) is 1. The fourth-order valence-corrected chi connectivity index (χ4v) is 1.79. The summed E-state index contributed by atoms with van der Waals surface area (Å²) in [5.74, 6) is -2.29. The van der Waals surface area contributed by atoms with Crippen molar-refractivity contribution in [2.24, 2.45) is 5.73 Å². The predicted molar refractivity (Wildman–Crippen MR) is 74.9 cm³/mol. The van der Waals surface area contributed by atoms with Crippen LogP contribution in [0.1, 0.15) is 33.1 Å². The molecule has 6 heteroatoms. The van der Waals surface area contributed by atoms with Gasteiger partial charge in [0.2, 0.25) is 0 Å². The van der Waals surface area contributed by atoms with Crippen LogP contribution in [-0.2, 0) is 9.53 Å². The van der Waals surface area contributed by atoms with Crippen molar-refractivity contribution in [2.75, 3.05) is 13.2 Å². The van der Waals surface area contributed by atoms with E-state index in [1.54, 1.807) is 13.8 Å². The van der Waals surface area contributed by atoms with E-state index in [0.29, 0.717) is 19.3 Å². The third-order valence-corrected chi connectivity index (χ3v) is 3.00. The molecule has 0 radical (unpaired) electrons. The van der Waals surface area contributed by atoms with Crippen LogP contribution >= 0.6 is 0 Å². The van der Waals surface area contributed by atoms with E-state index in [1.165, 1.54) is 6.07 Å². The van der Waals surface area contributed by atoms with Crippen molar-refractivity contribution in [3.8, 4) is 5.75 Å². The molecule has 1 aromatic carbocycles. The molecule has 2 N–H and O–H groups in total. The van der Waals surface area contributed by atoms with Crippen molar-refractivity contribution >= 4 is 5.97 Å². The number of ether oxygens (including phenoxy) is 2. The number of carbonyl (C=O) groups is 1. The number of hydrogen-bond acceptors (Lipinski definition) is 4. The van der Waals surface area contributed by atoms with Gasteiger partial charge < -0.3 is 15.2 Å². The molecular weight excluding hydrogens is 280 g/mol. The maximum absolute atomic E-state index is 13.3. The highest BCUT2D eigenvalue weighted by Gasteiger charge is 2.29. The molecule has 0 heterocycles. The lowest BCUT2D eigenvalue weighted by Gasteiger charge is -2.22. The standard InChI is InChI=1S/C15H21F2NO3/c1-3-20-14(19)15(2,18)9-4-5-10-21-13-11(16)7-6-8-12(13)17/h6-8H,3-5,9-10,18H2,1-2H3. The SMILES string of the molecule is CCOC(=O)C(C)(N)CCCCOc1c(F)cccc1F. The van der Waals surface area contributed by atoms with Crippen LogP contribution in [0.4, 0.5) is 8.78 Å². The number of benzene rings is 1. The van der Waals surface area contributed by atoms with Crippen LogP contribution in [0.3, 0.4) is 0 Å². The quantitative estimate of drug-likeness (QED) is 0.592. The summed E-state index contributed by atoms with van der Waals surface area (Å²) in [6.07, 6.45) is 1.52. The number of halogens is 2. The predicted octanol–water partition coefficient (Wildman–Crippen LogP) is 2.79. The maximum Gasteiger partial charge on any atom is 0.325 e. The summed E-state index contributed by atoms with van der Waals surface area (Å²) in [7, 11) is 0. The Morgan fingerprint density at radius 3 is 2.48 bits per heavy atom. The summed E-state index contributed by atoms with van der Waals surface area (Å²) in [6, 6.07) is 3.54. The van der Waals surface area contributed by atoms with Crippen LogP contribution in [0.25, 0.3) is 0 Å². The molecule has 21 heavy (non-hydrogen) atoms. The summed E-state index contributed by atoms with van der Waals surface area (Å²) in [5, 5.41) is 0. The number of unbranched alkanes of at least 4 members (excludes halogenated alkanes) is 1. The van der Waals surface area contributed by atoms with Gasteiger partial charge in [-0.1, -0.05) is 6.07 Å². The van der Waals surface area contributed by atoms with Gasteiger partial charge in [-0.2, -0.15) is 0 Å². The van der Waals surface area contributed by atoms with Crippen LogP contribution in [0, 0.1) is 11.6 Å². The second-order valence-corrected chi connectivity index (χ2v) is 4.99. The number of nitrogens with two attached hydrogens (primary N) is 1. The van der Waals surface area contributed by atoms with Crippen LogP contribution < -0.4 is 10.5 Å². The van der Waals surface area contributed by atoms with Crippen LogP contribution in [0.15, 0.2) is 18.2 Å². The van der Waals surface area contributed by atoms with Gasteiger partial charge in [-0.25, -0.2) is 8.78 Å². The van der Waals surface area contributed by atoms with Gasteiger partial charge >= 0.3 is 5.97 Å². The first-order valence-electron chi connectivity index (χ1n) is 6.91. The first-order chi connectivity index (χ1) is 9.88. The number of esters is 1. The Balaban J connectivity index is 2.33. The summed E-state index contributed by atoms with van der Waals surface area (Å²) in [4.78, 5) is 11.6. The monoisotopic (exact) mass is 301 g/mol. The van der Waals surface area contributed by atoms with Crippen molar-refractivity contribution in [1.29, 1.82) is 0 Å². The smallest absolute Gasteiger partial charge is 0.325 e. The minimum atomic E-state index is -1.06. The lowest BCUT2D eigenvalue weighted by Crippen LogP contribution is -2.46. The minimum Gasteiger partial charge on any atom is -0.488 e. The van der Waals surface area contributed by atoms with E-state index in [9.17, 15) is 13.6 Å². The normalized spacial score (nSPS) is 13.6. The average molecular weight is 301 g/mol. The molecular formula is C15H21F2NO3. The van der Waals surface area contributed by atoms with Gasteiger partial charge in [0.25, 0.3) is 0 Å². The van der Waals surface area contributed by atoms with Crippen molar-refractivity contribution in [3.63, 3.8) is 0 Å². The summed E-state index contributed by atoms with van der Waals surface area (Å²) in [6.45, 7) is 3.74. The van der Waals surface area contributed by atoms with E-state index >= 15 is 0 Å². The molecule has 1 atom stereocenters. The summed E-state index contributed by atoms with van der Waals surface area (Å²) >= 11 is 0. The third kappa shape index (κ3) is 5.30. The molecule has 1 aromatic rings. The van der Waals surface area contributed by atoms with Crippen molar-refractivity contribution in [3.05, 3.63) is 29.8 Å². The molecule has 0 amide bonds. The van der Waals surface area contributed by atoms with Gasteiger partial charge in [0, 0.05) is 0 Å². The maximum atomic E-state index is 13.3. The molecule has 1 unspecified atom stereocenters. The molecule has 0 saturated heterocycles. The molecule has 0 spiro atoms. The van der Waals surface area contributed by atoms with Gasteiger partial charge in [-0.3, -0.25) is 4.79 Å². The van der Waals surface area contributed by atoms with Crippen LogP contribution in [-0.4, -0.2) is 24.7 Å². The van der Waals surface area contributed by atoms with Gasteiger partial charge in [0.15, 0.2) is 17.4 Å². The van der Waals surface area contributed by atoms with Gasteiger partial charge in [-0.15, -0.1) is 0 Å². The third-order valence-electron chi connectivity index (χ3n) is 3.00. The molecule has 0 fully saturated rings. The first kappa shape index (κ1) is 17.4. The summed E-state index contributed by atoms with van der Waals surface area (Å²) < 4.78 is 36.5. The van der Waals surface area contributed by atoms with Gasteiger partial charge in [0.1, 0.15) is 5.54 Å². The Morgan fingerprint density at radius 2 is 1.90 bits per heavy atom. The van der Waals surface area contributed by atoms with E-state index in [1.807, 2.05) is 0 Å². The highest BCUT2D eigenvalue weighted by molar-refractivity contribution is 5.79. The van der Waals surface area contributed by atoms with E-state index in [-0.39, 0.29) is 19.0 Å². The first-order valence-corrected chi connectivity index (χ1v) is 6.91. The second kappa shape index (κ2) is 7.93. The molecule has 0 aliphatic rings. The van der Waals surface area contributed by atoms with Crippen molar-refractivity contribution in [2.45, 2.75) is 38.6 Å². The molecule has 0 aliphatic heterocycles. The van der Waals surface area contributed by atoms with E-state index in [0.717, 1.165) is 12.1 Å². The van der Waals surface area contributed by atoms with E-state index in [2.05, 4.69) is 0 Å². The lowest BCUT2D eigenvalue weighted by atomic mass is 9.96. The lowest BCUT2D eigenvalue weighted by molar-refractivity contribution is -0.149. The van der Waals surface area contributed by atoms with E-state index < -0.39 is 23.1 Å². The van der Waals surface area contributed by atoms with Crippen molar-refractivity contribution in [1.82, 2.24) is 0 Å². The number of rotatable bonds is 8. The number of para-hydroxylation sites is 1. The van der Waals surface area contributed by atoms with Gasteiger partial charge in [0.05, 0.1) is 13.2 Å². The zero-order valence-corrected chi connectivity index (χ0v) is 12.3. The van der Waals surface area contributed by atoms with Crippen LogP contribution in [0.2, 0.25) is 0 Å². The second-order valence-electron chi connectivity index (χ2n) is 4.99. The Kier molecular flexibility index (Phi) is 6.55. The number of carbonyl (C=O) groups excluding carboxylic acids is 1. The Morgan fingerprint density at radius 1 is 1.29 bits per heavy atom. The molecule has 118 valence electrons. The molecule has 0 aromatic heterocycles. The summed E-state index contributed by atoms with van der Waals surface area (Å²) in [5.41, 5.74) is 4.80. The largest absolute Gasteiger partial charge is 0.488 e. The molecule has 0 bridgehead atoms. The Labute approximate surface area is 123 Å². The van der Waals surface area contributed by atoms with E-state index in [4.69, 9.17) is 15.2 Å². The molecule has 0 saturated carbocycles. The fraction of sp³-hybridized carbons (Fsp3) is 0.533. The minimum absolute atomic E-state index is 0.150. The zero-order valence-electron chi connectivity index (χ0n) is 12.3. The highest BCUT2D eigenvalue weighted by atomic mass is 19.1. The topological polar surface area (TPSA) is 61.5 Å². The highest BCUT2D eigenvalue weighted by Crippen LogP contribution is 2.21. The van der Waals surface area contributed by atoms with Crippen molar-refractivity contribution < 1.29 is 23.0 Å². The van der Waals surface area contributed by atoms with Gasteiger partial charge in [-0.05, 0) is 45.2 Å².